The van der Waals surface area contributed by atoms with Gasteiger partial charge in [0.05, 0.1) is 38.8 Å². The topological polar surface area (TPSA) is 79.7 Å². The van der Waals surface area contributed by atoms with Crippen molar-refractivity contribution >= 4 is 109 Å². The van der Waals surface area contributed by atoms with Gasteiger partial charge in [-0.1, -0.05) is 176 Å². The molecule has 8 nitrogen and oxygen atoms in total. The second kappa shape index (κ2) is 16.0. The maximum absolute atomic E-state index is 6.93. The third kappa shape index (κ3) is 6.00. The van der Waals surface area contributed by atoms with E-state index in [1.807, 2.05) is 30.3 Å². The minimum Gasteiger partial charge on any atom is -0.456 e. The lowest BCUT2D eigenvalue weighted by Gasteiger charge is -2.13. The van der Waals surface area contributed by atoms with Gasteiger partial charge in [0.1, 0.15) is 16.7 Å². The van der Waals surface area contributed by atoms with Crippen LogP contribution in [0.25, 0.3) is 161 Å². The van der Waals surface area contributed by atoms with Gasteiger partial charge in [-0.3, -0.25) is 4.57 Å². The smallest absolute Gasteiger partial charge is 0.238 e. The molecule has 0 amide bonds. The zero-order valence-corrected chi connectivity index (χ0v) is 41.1. The molecule has 0 fully saturated rings. The van der Waals surface area contributed by atoms with Gasteiger partial charge in [0.15, 0.2) is 17.2 Å². The average molecular weight is 985 g/mol. The lowest BCUT2D eigenvalue weighted by Crippen LogP contribution is -2.07. The maximum atomic E-state index is 6.93. The van der Waals surface area contributed by atoms with Gasteiger partial charge in [-0.05, 0) is 77.9 Å². The number of rotatable bonds is 6. The van der Waals surface area contributed by atoms with Gasteiger partial charge in [-0.25, -0.2) is 4.98 Å². The zero-order chi connectivity index (χ0) is 50.3. The van der Waals surface area contributed by atoms with E-state index in [0.29, 0.717) is 17.6 Å². The van der Waals surface area contributed by atoms with Crippen LogP contribution < -0.4 is 0 Å². The van der Waals surface area contributed by atoms with Gasteiger partial charge >= 0.3 is 0 Å². The highest BCUT2D eigenvalue weighted by Gasteiger charge is 2.26. The Morgan fingerprint density at radius 3 is 1.51 bits per heavy atom. The molecule has 17 aromatic rings. The molecule has 11 aromatic carbocycles. The van der Waals surface area contributed by atoms with Crippen molar-refractivity contribution in [2.24, 2.45) is 0 Å². The van der Waals surface area contributed by atoms with Crippen molar-refractivity contribution in [1.82, 2.24) is 28.7 Å². The van der Waals surface area contributed by atoms with E-state index in [4.69, 9.17) is 23.8 Å². The van der Waals surface area contributed by atoms with Crippen LogP contribution in [0.5, 0.6) is 0 Å². The van der Waals surface area contributed by atoms with Gasteiger partial charge < -0.3 is 18.0 Å². The van der Waals surface area contributed by atoms with E-state index in [0.717, 1.165) is 127 Å². The van der Waals surface area contributed by atoms with Gasteiger partial charge in [-0.2, -0.15) is 9.97 Å². The lowest BCUT2D eigenvalue weighted by atomic mass is 9.97. The number of hydrogen-bond donors (Lipinski definition) is 0. The Labute approximate surface area is 438 Å². The molecule has 0 aliphatic rings. The summed E-state index contributed by atoms with van der Waals surface area (Å²) in [6.45, 7) is 0. The summed E-state index contributed by atoms with van der Waals surface area (Å²) in [6, 6.07) is 85.3. The molecule has 8 heteroatoms. The molecule has 358 valence electrons. The molecule has 0 radical (unpaired) electrons. The van der Waals surface area contributed by atoms with Crippen LogP contribution in [0.4, 0.5) is 0 Å². The van der Waals surface area contributed by atoms with Crippen molar-refractivity contribution in [3.63, 3.8) is 0 Å². The molecule has 77 heavy (non-hydrogen) atoms. The molecule has 0 spiro atoms. The van der Waals surface area contributed by atoms with Crippen molar-refractivity contribution in [2.45, 2.75) is 0 Å². The largest absolute Gasteiger partial charge is 0.456 e. The highest BCUT2D eigenvalue weighted by Crippen LogP contribution is 2.45. The highest BCUT2D eigenvalue weighted by atomic mass is 16.3. The Kier molecular flexibility index (Phi) is 8.68. The van der Waals surface area contributed by atoms with Crippen LogP contribution in [0.15, 0.2) is 251 Å². The predicted molar refractivity (Wildman–Crippen MR) is 314 cm³/mol. The van der Waals surface area contributed by atoms with Crippen LogP contribution in [0.1, 0.15) is 0 Å². The number of aromatic nitrogens is 6. The fourth-order valence-electron chi connectivity index (χ4n) is 12.5. The molecule has 0 saturated carbocycles. The summed E-state index contributed by atoms with van der Waals surface area (Å²) in [5, 5.41) is 10.9. The summed E-state index contributed by atoms with van der Waals surface area (Å²) in [5.74, 6) is 1.62. The number of hydrogen-bond acceptors (Lipinski definition) is 5. The fourth-order valence-corrected chi connectivity index (χ4v) is 12.5. The first-order chi connectivity index (χ1) is 38.2. The van der Waals surface area contributed by atoms with E-state index in [-0.39, 0.29) is 0 Å². The van der Waals surface area contributed by atoms with E-state index >= 15 is 0 Å². The normalized spacial score (nSPS) is 12.2. The molecule has 6 heterocycles. The van der Waals surface area contributed by atoms with E-state index < -0.39 is 0 Å². The van der Waals surface area contributed by atoms with Gasteiger partial charge in [0.25, 0.3) is 0 Å². The monoisotopic (exact) mass is 984 g/mol. The third-order valence-corrected chi connectivity index (χ3v) is 15.7. The van der Waals surface area contributed by atoms with E-state index in [1.165, 1.54) is 16.2 Å². The highest BCUT2D eigenvalue weighted by molar-refractivity contribution is 6.24. The molecule has 0 atom stereocenters. The molecule has 0 saturated heterocycles. The summed E-state index contributed by atoms with van der Waals surface area (Å²) in [7, 11) is 0. The molecule has 0 unspecified atom stereocenters. The molecule has 0 N–H and O–H groups in total. The minimum absolute atomic E-state index is 0.515. The Hall–Kier alpha value is -10.6. The SMILES string of the molecule is c1ccc(-c2nc(-c3cccc4oc5ccc(-c6cccc7oc8c(-n9c%10ccccc%10c%10ccccc%109)cccc8c67)cc5c34)nc(-n3c4ccccc4c4ccc5c6ccccc6n(-c6ccccc6)c5c43)n2)cc1. The molecule has 0 aliphatic heterocycles. The van der Waals surface area contributed by atoms with Crippen molar-refractivity contribution in [3.05, 3.63) is 243 Å². The molecule has 0 bridgehead atoms. The molecule has 6 aromatic heterocycles. The van der Waals surface area contributed by atoms with Gasteiger partial charge in [-0.15, -0.1) is 0 Å². The van der Waals surface area contributed by atoms with Crippen molar-refractivity contribution < 1.29 is 8.83 Å². The second-order valence-corrected chi connectivity index (χ2v) is 19.8. The van der Waals surface area contributed by atoms with Crippen molar-refractivity contribution in [2.75, 3.05) is 0 Å². The van der Waals surface area contributed by atoms with Crippen LogP contribution in [0.2, 0.25) is 0 Å². The van der Waals surface area contributed by atoms with Crippen molar-refractivity contribution in [3.8, 4) is 51.2 Å². The van der Waals surface area contributed by atoms with E-state index in [2.05, 4.69) is 226 Å². The molecule has 0 aliphatic carbocycles. The van der Waals surface area contributed by atoms with Crippen LogP contribution in [0.3, 0.4) is 0 Å². The van der Waals surface area contributed by atoms with E-state index in [9.17, 15) is 0 Å². The molecule has 17 rings (SSSR count). The Balaban J connectivity index is 0.899. The average Bonchev–Trinajstić information content (AvgIpc) is 4.46. The molecular weight excluding hydrogens is 945 g/mol. The predicted octanol–water partition coefficient (Wildman–Crippen LogP) is 18.0. The quantitative estimate of drug-likeness (QED) is 0.166. The summed E-state index contributed by atoms with van der Waals surface area (Å²) >= 11 is 0. The first kappa shape index (κ1) is 41.9. The minimum atomic E-state index is 0.515. The van der Waals surface area contributed by atoms with E-state index in [1.54, 1.807) is 0 Å². The van der Waals surface area contributed by atoms with Gasteiger partial charge in [0.2, 0.25) is 5.95 Å². The summed E-state index contributed by atoms with van der Waals surface area (Å²) in [4.78, 5) is 16.3. The standard InChI is InChI=1S/C69H40N6O2/c1-3-18-41(19-4-1)67-70-68(72-69(71-67)75-57-32-14-10-25-48(57)50-38-37-49-47-24-9-11-29-54(47)73(64(49)65(50)75)43-20-5-2-6-21-43)52-28-17-34-60-63(52)53-40-42(36-39-59(53)76-60)44-26-16-35-61-62(44)51-27-15-33-58(66(51)77-61)74-55-30-12-7-22-45(55)46-23-8-13-31-56(46)74/h1-40H. The van der Waals surface area contributed by atoms with Crippen LogP contribution >= 0.6 is 0 Å². The van der Waals surface area contributed by atoms with Crippen LogP contribution in [-0.2, 0) is 0 Å². The fraction of sp³-hybridized carbons (Fsp3) is 0. The Morgan fingerprint density at radius 2 is 0.818 bits per heavy atom. The number of benzene rings is 11. The number of furan rings is 2. The second-order valence-electron chi connectivity index (χ2n) is 19.8. The van der Waals surface area contributed by atoms with Crippen molar-refractivity contribution in [1.29, 1.82) is 0 Å². The third-order valence-electron chi connectivity index (χ3n) is 15.7. The maximum Gasteiger partial charge on any atom is 0.238 e. The van der Waals surface area contributed by atoms with Gasteiger partial charge in [0, 0.05) is 70.7 Å². The Bertz CT molecular complexity index is 5240. The Morgan fingerprint density at radius 1 is 0.299 bits per heavy atom. The zero-order valence-electron chi connectivity index (χ0n) is 41.1. The summed E-state index contributed by atoms with van der Waals surface area (Å²) < 4.78 is 20.6. The first-order valence-corrected chi connectivity index (χ1v) is 25.9. The lowest BCUT2D eigenvalue weighted by molar-refractivity contribution is 0.666. The molecular formula is C69H40N6O2. The number of fused-ring (bicyclic) bond motifs is 16. The number of nitrogens with zero attached hydrogens (tertiary/aromatic N) is 6. The number of para-hydroxylation sites is 6. The van der Waals surface area contributed by atoms with Crippen LogP contribution in [-0.4, -0.2) is 28.7 Å². The van der Waals surface area contributed by atoms with Crippen LogP contribution in [0, 0.1) is 0 Å². The summed E-state index contributed by atoms with van der Waals surface area (Å²) in [6.07, 6.45) is 0. The summed E-state index contributed by atoms with van der Waals surface area (Å²) in [5.41, 5.74) is 15.5. The first-order valence-electron chi connectivity index (χ1n) is 25.9.